The van der Waals surface area contributed by atoms with E-state index in [9.17, 15) is 0 Å². The second kappa shape index (κ2) is 11.5. The second-order valence-corrected chi connectivity index (χ2v) is 8.30. The van der Waals surface area contributed by atoms with Crippen molar-refractivity contribution >= 4 is 0 Å². The highest BCUT2D eigenvalue weighted by Crippen LogP contribution is 2.36. The molecule has 0 radical (unpaired) electrons. The summed E-state index contributed by atoms with van der Waals surface area (Å²) in [4.78, 5) is 0. The molecule has 1 aliphatic rings. The number of aryl methyl sites for hydroxylation is 1. The molecule has 150 valence electrons. The topological polar surface area (TPSA) is 0 Å². The van der Waals surface area contributed by atoms with Crippen LogP contribution in [0.1, 0.15) is 93.4 Å². The van der Waals surface area contributed by atoms with Crippen molar-refractivity contribution in [2.24, 2.45) is 5.92 Å². The van der Waals surface area contributed by atoms with Crippen molar-refractivity contribution in [3.05, 3.63) is 70.8 Å². The Labute approximate surface area is 178 Å². The maximum absolute atomic E-state index is 3.42. The molecule has 3 rings (SSSR count). The number of benzene rings is 2. The second-order valence-electron chi connectivity index (χ2n) is 8.30. The van der Waals surface area contributed by atoms with Gasteiger partial charge < -0.3 is 0 Å². The number of hydrogen-bond donors (Lipinski definition) is 0. The Kier molecular flexibility index (Phi) is 8.46. The first kappa shape index (κ1) is 21.3. The standard InChI is InChI=1S/C29H34/c1-3-5-6-7-8-9-25-16-20-28(21-17-25)29-22-18-27(19-23-29)15-14-26-12-10-24(4-2)11-13-26/h10-13,18-19,22-23,25,28H,3-6,9,16-17,20-21H2,1-2H3. The van der Waals surface area contributed by atoms with Crippen LogP contribution >= 0.6 is 0 Å². The molecule has 0 heterocycles. The van der Waals surface area contributed by atoms with Gasteiger partial charge >= 0.3 is 0 Å². The highest BCUT2D eigenvalue weighted by atomic mass is 14.3. The van der Waals surface area contributed by atoms with Crippen LogP contribution in [0.2, 0.25) is 0 Å². The zero-order chi connectivity index (χ0) is 20.3. The quantitative estimate of drug-likeness (QED) is 0.371. The Bertz CT molecular complexity index is 854. The van der Waals surface area contributed by atoms with E-state index >= 15 is 0 Å². The molecule has 0 spiro atoms. The van der Waals surface area contributed by atoms with Gasteiger partial charge in [-0.15, -0.1) is 11.8 Å². The Balaban J connectivity index is 1.49. The lowest BCUT2D eigenvalue weighted by Crippen LogP contribution is -2.12. The average Bonchev–Trinajstić information content (AvgIpc) is 2.79. The van der Waals surface area contributed by atoms with Crippen molar-refractivity contribution in [3.63, 3.8) is 0 Å². The van der Waals surface area contributed by atoms with Gasteiger partial charge in [0.25, 0.3) is 0 Å². The lowest BCUT2D eigenvalue weighted by Gasteiger charge is -2.27. The van der Waals surface area contributed by atoms with E-state index in [0.29, 0.717) is 5.92 Å². The zero-order valence-corrected chi connectivity index (χ0v) is 18.1. The predicted molar refractivity (Wildman–Crippen MR) is 125 cm³/mol. The number of unbranched alkanes of at least 4 members (excludes halogenated alkanes) is 2. The fourth-order valence-corrected chi connectivity index (χ4v) is 4.08. The minimum atomic E-state index is 0.711. The molecule has 0 amide bonds. The summed E-state index contributed by atoms with van der Waals surface area (Å²) in [6, 6.07) is 17.5. The molecule has 1 saturated carbocycles. The third kappa shape index (κ3) is 6.84. The highest BCUT2D eigenvalue weighted by Gasteiger charge is 2.21. The van der Waals surface area contributed by atoms with Gasteiger partial charge in [0.1, 0.15) is 0 Å². The van der Waals surface area contributed by atoms with E-state index in [-0.39, 0.29) is 0 Å². The van der Waals surface area contributed by atoms with Crippen LogP contribution in [-0.2, 0) is 6.42 Å². The Hall–Kier alpha value is -2.44. The molecule has 2 aromatic rings. The van der Waals surface area contributed by atoms with E-state index in [1.807, 2.05) is 0 Å². The number of rotatable bonds is 5. The van der Waals surface area contributed by atoms with Crippen LogP contribution in [0.5, 0.6) is 0 Å². The van der Waals surface area contributed by atoms with Crippen LogP contribution < -0.4 is 0 Å². The van der Waals surface area contributed by atoms with Gasteiger partial charge in [-0.05, 0) is 85.8 Å². The van der Waals surface area contributed by atoms with Crippen LogP contribution in [0.25, 0.3) is 0 Å². The molecule has 0 unspecified atom stereocenters. The summed E-state index contributed by atoms with van der Waals surface area (Å²) < 4.78 is 0. The Morgan fingerprint density at radius 3 is 1.97 bits per heavy atom. The van der Waals surface area contributed by atoms with Crippen molar-refractivity contribution in [1.82, 2.24) is 0 Å². The maximum Gasteiger partial charge on any atom is 0.0249 e. The predicted octanol–water partition coefficient (Wildman–Crippen LogP) is 7.51. The molecule has 0 aromatic heterocycles. The molecule has 0 bridgehead atoms. The van der Waals surface area contributed by atoms with E-state index < -0.39 is 0 Å². The van der Waals surface area contributed by atoms with Crippen molar-refractivity contribution in [2.75, 3.05) is 0 Å². The first-order valence-corrected chi connectivity index (χ1v) is 11.4. The van der Waals surface area contributed by atoms with Gasteiger partial charge in [0.05, 0.1) is 0 Å². The van der Waals surface area contributed by atoms with Crippen LogP contribution in [0.15, 0.2) is 48.5 Å². The molecule has 0 heteroatoms. The lowest BCUT2D eigenvalue weighted by molar-refractivity contribution is 0.331. The van der Waals surface area contributed by atoms with Gasteiger partial charge in [0.2, 0.25) is 0 Å². The van der Waals surface area contributed by atoms with Crippen LogP contribution in [0.3, 0.4) is 0 Å². The van der Waals surface area contributed by atoms with Crippen LogP contribution in [-0.4, -0.2) is 0 Å². The normalized spacial score (nSPS) is 18.3. The summed E-state index contributed by atoms with van der Waals surface area (Å²) in [6.07, 6.45) is 11.0. The Morgan fingerprint density at radius 1 is 0.759 bits per heavy atom. The lowest BCUT2D eigenvalue weighted by atomic mass is 9.77. The molecule has 29 heavy (non-hydrogen) atoms. The summed E-state index contributed by atoms with van der Waals surface area (Å²) in [7, 11) is 0. The van der Waals surface area contributed by atoms with Crippen LogP contribution in [0, 0.1) is 29.6 Å². The molecule has 0 saturated heterocycles. The van der Waals surface area contributed by atoms with E-state index in [2.05, 4.69) is 86.1 Å². The van der Waals surface area contributed by atoms with Crippen LogP contribution in [0.4, 0.5) is 0 Å². The maximum atomic E-state index is 3.42. The fourth-order valence-electron chi connectivity index (χ4n) is 4.08. The summed E-state index contributed by atoms with van der Waals surface area (Å²) in [5.41, 5.74) is 5.03. The smallest absolute Gasteiger partial charge is 0.0249 e. The van der Waals surface area contributed by atoms with Gasteiger partial charge in [0.15, 0.2) is 0 Å². The highest BCUT2D eigenvalue weighted by molar-refractivity contribution is 5.44. The first-order valence-electron chi connectivity index (χ1n) is 11.4. The SMILES string of the molecule is CCCCC#CCC1CCC(c2ccc(C#Cc3ccc(CC)cc3)cc2)CC1. The molecule has 2 aromatic carbocycles. The van der Waals surface area contributed by atoms with Gasteiger partial charge in [-0.1, -0.05) is 56.4 Å². The van der Waals surface area contributed by atoms with Crippen molar-refractivity contribution in [3.8, 4) is 23.7 Å². The molecular formula is C29H34. The summed E-state index contributed by atoms with van der Waals surface area (Å²) >= 11 is 0. The summed E-state index contributed by atoms with van der Waals surface area (Å²) in [6.45, 7) is 4.41. The Morgan fingerprint density at radius 2 is 1.38 bits per heavy atom. The van der Waals surface area contributed by atoms with E-state index in [4.69, 9.17) is 0 Å². The van der Waals surface area contributed by atoms with E-state index in [0.717, 1.165) is 36.3 Å². The van der Waals surface area contributed by atoms with Crippen molar-refractivity contribution in [2.45, 2.75) is 77.6 Å². The largest absolute Gasteiger partial charge is 0.103 e. The molecular weight excluding hydrogens is 348 g/mol. The molecule has 1 aliphatic carbocycles. The molecule has 1 fully saturated rings. The monoisotopic (exact) mass is 382 g/mol. The van der Waals surface area contributed by atoms with E-state index in [1.165, 1.54) is 49.7 Å². The fraction of sp³-hybridized carbons (Fsp3) is 0.448. The zero-order valence-electron chi connectivity index (χ0n) is 18.1. The number of hydrogen-bond acceptors (Lipinski definition) is 0. The van der Waals surface area contributed by atoms with Gasteiger partial charge in [-0.2, -0.15) is 0 Å². The van der Waals surface area contributed by atoms with Crippen molar-refractivity contribution in [1.29, 1.82) is 0 Å². The summed E-state index contributed by atoms with van der Waals surface area (Å²) in [5.74, 6) is 14.9. The molecule has 0 nitrogen and oxygen atoms in total. The van der Waals surface area contributed by atoms with Crippen molar-refractivity contribution < 1.29 is 0 Å². The average molecular weight is 383 g/mol. The molecule has 0 aliphatic heterocycles. The first-order chi connectivity index (χ1) is 14.3. The third-order valence-electron chi connectivity index (χ3n) is 6.11. The van der Waals surface area contributed by atoms with E-state index in [1.54, 1.807) is 0 Å². The van der Waals surface area contributed by atoms with Gasteiger partial charge in [0, 0.05) is 24.0 Å². The summed E-state index contributed by atoms with van der Waals surface area (Å²) in [5, 5.41) is 0. The molecule has 0 atom stereocenters. The minimum absolute atomic E-state index is 0.711. The van der Waals surface area contributed by atoms with Gasteiger partial charge in [-0.25, -0.2) is 0 Å². The molecule has 0 N–H and O–H groups in total. The van der Waals surface area contributed by atoms with Gasteiger partial charge in [-0.3, -0.25) is 0 Å². The third-order valence-corrected chi connectivity index (χ3v) is 6.11. The minimum Gasteiger partial charge on any atom is -0.103 e.